The molecule has 0 radical (unpaired) electrons. The molecule has 7 nitrogen and oxygen atoms in total. The van der Waals surface area contributed by atoms with Crippen molar-refractivity contribution in [3.05, 3.63) is 23.9 Å². The molecule has 0 aliphatic carbocycles. The molecule has 0 saturated carbocycles. The van der Waals surface area contributed by atoms with E-state index in [9.17, 15) is 18.0 Å². The quantitative estimate of drug-likeness (QED) is 0.345. The molecule has 26 heavy (non-hydrogen) atoms. The number of halogens is 3. The van der Waals surface area contributed by atoms with Gasteiger partial charge < -0.3 is 21.3 Å². The van der Waals surface area contributed by atoms with Crippen LogP contribution in [0.4, 0.5) is 19.0 Å². The number of carbonyl (C=O) groups excluding carboxylic acids is 1. The lowest BCUT2D eigenvalue weighted by Gasteiger charge is -2.21. The Morgan fingerprint density at radius 3 is 2.46 bits per heavy atom. The zero-order chi connectivity index (χ0) is 19.8. The van der Waals surface area contributed by atoms with Crippen LogP contribution in [0.3, 0.4) is 0 Å². The number of nitrogens with zero attached hydrogens (tertiary/aromatic N) is 2. The largest absolute Gasteiger partial charge is 0.419 e. The van der Waals surface area contributed by atoms with Gasteiger partial charge in [0.25, 0.3) is 0 Å². The standard InChI is InChI=1S/C16H25F3N6O/c1-15(2,3)25-12(26)10-24-14(20-4)23-9-8-22-13-11(16(17,18)19)6-5-7-21-13/h5-7H,8-10H2,1-4H3,(H,21,22)(H,25,26)(H2,20,23,24). The fourth-order valence-corrected chi connectivity index (χ4v) is 1.98. The molecule has 0 aliphatic heterocycles. The predicted molar refractivity (Wildman–Crippen MR) is 95.0 cm³/mol. The van der Waals surface area contributed by atoms with E-state index in [-0.39, 0.29) is 36.9 Å². The molecular weight excluding hydrogens is 349 g/mol. The Balaban J connectivity index is 2.42. The van der Waals surface area contributed by atoms with Crippen molar-refractivity contribution < 1.29 is 18.0 Å². The first kappa shape index (κ1) is 21.5. The van der Waals surface area contributed by atoms with Crippen LogP contribution < -0.4 is 21.3 Å². The van der Waals surface area contributed by atoms with Crippen LogP contribution in [-0.2, 0) is 11.0 Å². The van der Waals surface area contributed by atoms with Gasteiger partial charge in [0.1, 0.15) is 5.82 Å². The van der Waals surface area contributed by atoms with Gasteiger partial charge >= 0.3 is 6.18 Å². The highest BCUT2D eigenvalue weighted by atomic mass is 19.4. The van der Waals surface area contributed by atoms with Crippen LogP contribution in [0.5, 0.6) is 0 Å². The second kappa shape index (κ2) is 9.25. The minimum absolute atomic E-state index is 0.0306. The van der Waals surface area contributed by atoms with E-state index >= 15 is 0 Å². The Morgan fingerprint density at radius 2 is 1.88 bits per heavy atom. The molecule has 0 atom stereocenters. The highest BCUT2D eigenvalue weighted by molar-refractivity contribution is 5.86. The van der Waals surface area contributed by atoms with Gasteiger partial charge in [0.15, 0.2) is 5.96 Å². The first-order valence-corrected chi connectivity index (χ1v) is 8.04. The Bertz CT molecular complexity index is 625. The van der Waals surface area contributed by atoms with Crippen molar-refractivity contribution in [2.24, 2.45) is 4.99 Å². The number of guanidine groups is 1. The van der Waals surface area contributed by atoms with Crippen molar-refractivity contribution in [2.45, 2.75) is 32.5 Å². The lowest BCUT2D eigenvalue weighted by molar-refractivity contribution is -0.137. The Morgan fingerprint density at radius 1 is 1.19 bits per heavy atom. The molecule has 0 bridgehead atoms. The number of hydrogen-bond acceptors (Lipinski definition) is 4. The molecule has 0 unspecified atom stereocenters. The third-order valence-corrected chi connectivity index (χ3v) is 2.98. The number of aromatic nitrogens is 1. The first-order valence-electron chi connectivity index (χ1n) is 8.04. The van der Waals surface area contributed by atoms with Crippen molar-refractivity contribution in [3.8, 4) is 0 Å². The number of pyridine rings is 1. The molecule has 0 spiro atoms. The summed E-state index contributed by atoms with van der Waals surface area (Å²) in [6.07, 6.45) is -3.18. The maximum Gasteiger partial charge on any atom is 0.419 e. The van der Waals surface area contributed by atoms with Crippen LogP contribution in [0, 0.1) is 0 Å². The third-order valence-electron chi connectivity index (χ3n) is 2.98. The van der Waals surface area contributed by atoms with Gasteiger partial charge in [-0.05, 0) is 32.9 Å². The van der Waals surface area contributed by atoms with Crippen molar-refractivity contribution in [2.75, 3.05) is 32.0 Å². The molecule has 0 fully saturated rings. The zero-order valence-corrected chi connectivity index (χ0v) is 15.3. The highest BCUT2D eigenvalue weighted by Gasteiger charge is 2.33. The van der Waals surface area contributed by atoms with E-state index in [4.69, 9.17) is 0 Å². The van der Waals surface area contributed by atoms with E-state index in [0.29, 0.717) is 5.96 Å². The zero-order valence-electron chi connectivity index (χ0n) is 15.3. The van der Waals surface area contributed by atoms with Crippen LogP contribution in [0.25, 0.3) is 0 Å². The Kier molecular flexibility index (Phi) is 7.66. The molecule has 1 rings (SSSR count). The van der Waals surface area contributed by atoms with Crippen molar-refractivity contribution >= 4 is 17.7 Å². The predicted octanol–water partition coefficient (Wildman–Crippen LogP) is 1.59. The van der Waals surface area contributed by atoms with E-state index in [1.165, 1.54) is 19.3 Å². The molecule has 0 saturated heterocycles. The minimum atomic E-state index is -4.47. The van der Waals surface area contributed by atoms with Gasteiger partial charge in [0, 0.05) is 31.9 Å². The fraction of sp³-hybridized carbons (Fsp3) is 0.562. The summed E-state index contributed by atoms with van der Waals surface area (Å²) in [4.78, 5) is 19.4. The maximum absolute atomic E-state index is 12.9. The second-order valence-corrected chi connectivity index (χ2v) is 6.47. The SMILES string of the molecule is CN=C(NCCNc1ncccc1C(F)(F)F)NCC(=O)NC(C)(C)C. The number of anilines is 1. The van der Waals surface area contributed by atoms with Crippen LogP contribution >= 0.6 is 0 Å². The number of hydrogen-bond donors (Lipinski definition) is 4. The summed E-state index contributed by atoms with van der Waals surface area (Å²) >= 11 is 0. The number of amides is 1. The lowest BCUT2D eigenvalue weighted by Crippen LogP contribution is -2.48. The van der Waals surface area contributed by atoms with Crippen molar-refractivity contribution in [1.82, 2.24) is 20.9 Å². The molecular formula is C16H25F3N6O. The molecule has 10 heteroatoms. The second-order valence-electron chi connectivity index (χ2n) is 6.47. The number of alkyl halides is 3. The molecule has 1 aromatic heterocycles. The Labute approximate surface area is 150 Å². The van der Waals surface area contributed by atoms with E-state index < -0.39 is 11.7 Å². The molecule has 146 valence electrons. The molecule has 0 aromatic carbocycles. The van der Waals surface area contributed by atoms with Gasteiger partial charge in [-0.1, -0.05) is 0 Å². The summed E-state index contributed by atoms with van der Waals surface area (Å²) in [5.74, 6) is -0.0518. The molecule has 1 amide bonds. The van der Waals surface area contributed by atoms with Gasteiger partial charge in [-0.2, -0.15) is 13.2 Å². The minimum Gasteiger partial charge on any atom is -0.368 e. The lowest BCUT2D eigenvalue weighted by atomic mass is 10.1. The highest BCUT2D eigenvalue weighted by Crippen LogP contribution is 2.33. The summed E-state index contributed by atoms with van der Waals surface area (Å²) in [6.45, 7) is 6.12. The summed E-state index contributed by atoms with van der Waals surface area (Å²) in [5.41, 5.74) is -1.15. The van der Waals surface area contributed by atoms with Crippen LogP contribution in [0.15, 0.2) is 23.3 Å². The van der Waals surface area contributed by atoms with Crippen molar-refractivity contribution in [3.63, 3.8) is 0 Å². The maximum atomic E-state index is 12.9. The Hall–Kier alpha value is -2.52. The molecule has 1 aromatic rings. The third kappa shape index (κ3) is 8.04. The summed E-state index contributed by atoms with van der Waals surface area (Å²) in [5, 5.41) is 11.2. The number of nitrogens with one attached hydrogen (secondary N) is 4. The summed E-state index contributed by atoms with van der Waals surface area (Å²) in [7, 11) is 1.53. The topological polar surface area (TPSA) is 90.4 Å². The molecule has 1 heterocycles. The van der Waals surface area contributed by atoms with E-state index in [2.05, 4.69) is 31.2 Å². The number of aliphatic imine (C=N–C) groups is 1. The van der Waals surface area contributed by atoms with E-state index in [0.717, 1.165) is 6.07 Å². The average molecular weight is 374 g/mol. The van der Waals surface area contributed by atoms with Gasteiger partial charge in [0.2, 0.25) is 5.91 Å². The monoisotopic (exact) mass is 374 g/mol. The van der Waals surface area contributed by atoms with Gasteiger partial charge in [-0.3, -0.25) is 9.79 Å². The van der Waals surface area contributed by atoms with Crippen molar-refractivity contribution in [1.29, 1.82) is 0 Å². The van der Waals surface area contributed by atoms with Gasteiger partial charge in [-0.25, -0.2) is 4.98 Å². The molecule has 4 N–H and O–H groups in total. The smallest absolute Gasteiger partial charge is 0.368 e. The summed E-state index contributed by atoms with van der Waals surface area (Å²) in [6, 6.07) is 2.21. The van der Waals surface area contributed by atoms with E-state index in [1.54, 1.807) is 0 Å². The first-order chi connectivity index (χ1) is 12.0. The van der Waals surface area contributed by atoms with Gasteiger partial charge in [-0.15, -0.1) is 0 Å². The van der Waals surface area contributed by atoms with Crippen LogP contribution in [-0.4, -0.2) is 49.1 Å². The average Bonchev–Trinajstić information content (AvgIpc) is 2.52. The molecule has 0 aliphatic rings. The summed E-state index contributed by atoms with van der Waals surface area (Å²) < 4.78 is 38.6. The number of carbonyl (C=O) groups is 1. The van der Waals surface area contributed by atoms with Gasteiger partial charge in [0.05, 0.1) is 12.1 Å². The van der Waals surface area contributed by atoms with Crippen LogP contribution in [0.1, 0.15) is 26.3 Å². The van der Waals surface area contributed by atoms with Crippen LogP contribution in [0.2, 0.25) is 0 Å². The fourth-order valence-electron chi connectivity index (χ4n) is 1.98. The number of rotatable bonds is 6. The normalized spacial score (nSPS) is 12.5. The van der Waals surface area contributed by atoms with E-state index in [1.807, 2.05) is 20.8 Å².